The van der Waals surface area contributed by atoms with Gasteiger partial charge in [0.15, 0.2) is 0 Å². The van der Waals surface area contributed by atoms with Crippen LogP contribution in [0.4, 0.5) is 8.78 Å². The summed E-state index contributed by atoms with van der Waals surface area (Å²) in [6.07, 6.45) is 4.15. The largest absolute Gasteiger partial charge is 0.341 e. The maximum Gasteiger partial charge on any atom is 0.341 e. The van der Waals surface area contributed by atoms with Crippen molar-refractivity contribution in [1.82, 2.24) is 10.2 Å². The van der Waals surface area contributed by atoms with Crippen molar-refractivity contribution in [2.45, 2.75) is 42.4 Å². The first-order chi connectivity index (χ1) is 11.4. The van der Waals surface area contributed by atoms with Crippen LogP contribution in [0, 0.1) is 5.92 Å². The fourth-order valence-electron chi connectivity index (χ4n) is 2.86. The molecule has 0 spiro atoms. The van der Waals surface area contributed by atoms with Crippen molar-refractivity contribution in [2.24, 2.45) is 5.92 Å². The maximum absolute atomic E-state index is 12.8. The van der Waals surface area contributed by atoms with Gasteiger partial charge in [0, 0.05) is 19.1 Å². The Bertz CT molecular complexity index is 699. The van der Waals surface area contributed by atoms with E-state index in [1.54, 1.807) is 4.90 Å². The quantitative estimate of drug-likeness (QED) is 0.777. The highest BCUT2D eigenvalue weighted by atomic mass is 35.5. The third-order valence-corrected chi connectivity index (χ3v) is 6.99. The van der Waals surface area contributed by atoms with Crippen LogP contribution in [-0.2, 0) is 9.84 Å². The number of alkyl halides is 2. The van der Waals surface area contributed by atoms with Gasteiger partial charge >= 0.3 is 5.76 Å². The predicted octanol–water partition coefficient (Wildman–Crippen LogP) is 2.77. The molecular formula is C15H21ClF2N2O3S2. The van der Waals surface area contributed by atoms with Gasteiger partial charge < -0.3 is 10.2 Å². The summed E-state index contributed by atoms with van der Waals surface area (Å²) in [4.78, 5) is 13.4. The van der Waals surface area contributed by atoms with Gasteiger partial charge in [-0.25, -0.2) is 8.42 Å². The number of rotatable bonds is 6. The van der Waals surface area contributed by atoms with Crippen LogP contribution in [0.25, 0.3) is 0 Å². The van der Waals surface area contributed by atoms with Gasteiger partial charge in [-0.3, -0.25) is 4.79 Å². The molecule has 1 N–H and O–H groups in total. The second-order valence-corrected chi connectivity index (χ2v) is 9.14. The lowest BCUT2D eigenvalue weighted by Gasteiger charge is -2.32. The van der Waals surface area contributed by atoms with E-state index in [-0.39, 0.29) is 17.3 Å². The van der Waals surface area contributed by atoms with Gasteiger partial charge in [-0.15, -0.1) is 23.7 Å². The van der Waals surface area contributed by atoms with Gasteiger partial charge in [0.25, 0.3) is 5.91 Å². The Morgan fingerprint density at radius 3 is 2.48 bits per heavy atom. The Kier molecular flexibility index (Phi) is 6.80. The van der Waals surface area contributed by atoms with Gasteiger partial charge in [0.2, 0.25) is 9.84 Å². The summed E-state index contributed by atoms with van der Waals surface area (Å²) in [5.41, 5.74) is 0. The van der Waals surface area contributed by atoms with Gasteiger partial charge in [0.05, 0.1) is 4.90 Å². The van der Waals surface area contributed by atoms with Gasteiger partial charge in [-0.2, -0.15) is 8.78 Å². The second-order valence-electron chi connectivity index (χ2n) is 6.34. The topological polar surface area (TPSA) is 66.5 Å². The number of likely N-dealkylation sites (tertiary alicyclic amines) is 1. The molecule has 0 unspecified atom stereocenters. The number of hydrogen-bond donors (Lipinski definition) is 1. The summed E-state index contributed by atoms with van der Waals surface area (Å²) in [7, 11) is -4.75. The standard InChI is InChI=1S/C15H20F2N2O3S2.ClH/c16-15(17)24(21,22)12-5-8-23-13(12)14(20)19-6-3-11(4-7-19)18-9-10-1-2-10;/h5,8,10-11,15,18H,1-4,6-7,9H2;1H. The first-order valence-electron chi connectivity index (χ1n) is 8.02. The fourth-order valence-corrected chi connectivity index (χ4v) is 4.99. The molecule has 1 aliphatic heterocycles. The average Bonchev–Trinajstić information content (AvgIpc) is 3.26. The Balaban J connectivity index is 0.00000225. The van der Waals surface area contributed by atoms with Crippen LogP contribution in [0.1, 0.15) is 35.4 Å². The minimum atomic E-state index is -4.75. The molecule has 25 heavy (non-hydrogen) atoms. The molecule has 0 aromatic carbocycles. The van der Waals surface area contributed by atoms with E-state index in [9.17, 15) is 22.0 Å². The molecule has 1 aromatic heterocycles. The summed E-state index contributed by atoms with van der Waals surface area (Å²) in [5.74, 6) is -3.20. The smallest absolute Gasteiger partial charge is 0.338 e. The third-order valence-electron chi connectivity index (χ3n) is 4.54. The van der Waals surface area contributed by atoms with Crippen molar-refractivity contribution in [3.63, 3.8) is 0 Å². The van der Waals surface area contributed by atoms with Crippen LogP contribution in [0.15, 0.2) is 16.3 Å². The average molecular weight is 415 g/mol. The number of hydrogen-bond acceptors (Lipinski definition) is 5. The Morgan fingerprint density at radius 2 is 1.92 bits per heavy atom. The van der Waals surface area contributed by atoms with E-state index in [1.165, 1.54) is 18.2 Å². The number of halogens is 3. The van der Waals surface area contributed by atoms with Crippen LogP contribution in [0.3, 0.4) is 0 Å². The molecular weight excluding hydrogens is 394 g/mol. The zero-order valence-corrected chi connectivity index (χ0v) is 15.9. The molecule has 0 atom stereocenters. The number of piperidine rings is 1. The van der Waals surface area contributed by atoms with Crippen molar-refractivity contribution in [2.75, 3.05) is 19.6 Å². The monoisotopic (exact) mass is 414 g/mol. The maximum atomic E-state index is 12.8. The normalized spacial score (nSPS) is 19.1. The van der Waals surface area contributed by atoms with Gasteiger partial charge in [0.1, 0.15) is 4.88 Å². The molecule has 0 radical (unpaired) electrons. The second kappa shape index (κ2) is 8.28. The molecule has 10 heteroatoms. The number of thiophene rings is 1. The van der Waals surface area contributed by atoms with E-state index in [0.29, 0.717) is 19.1 Å². The lowest BCUT2D eigenvalue weighted by atomic mass is 10.0. The van der Waals surface area contributed by atoms with E-state index in [2.05, 4.69) is 5.32 Å². The molecule has 2 heterocycles. The number of amides is 1. The minimum Gasteiger partial charge on any atom is -0.338 e. The number of nitrogens with one attached hydrogen (secondary N) is 1. The van der Waals surface area contributed by atoms with Crippen LogP contribution < -0.4 is 5.32 Å². The number of carbonyl (C=O) groups excluding carboxylic acids is 1. The SMILES string of the molecule is Cl.O=C(c1sccc1S(=O)(=O)C(F)F)N1CCC(NCC2CC2)CC1. The lowest BCUT2D eigenvalue weighted by molar-refractivity contribution is 0.0706. The lowest BCUT2D eigenvalue weighted by Crippen LogP contribution is -2.45. The number of nitrogens with zero attached hydrogens (tertiary/aromatic N) is 1. The summed E-state index contributed by atoms with van der Waals surface area (Å²) >= 11 is 0.899. The number of carbonyl (C=O) groups is 1. The number of sulfone groups is 1. The molecule has 2 fully saturated rings. The highest BCUT2D eigenvalue weighted by Crippen LogP contribution is 2.30. The molecule has 1 saturated carbocycles. The molecule has 142 valence electrons. The molecule has 2 aliphatic rings. The zero-order chi connectivity index (χ0) is 17.3. The minimum absolute atomic E-state index is 0. The van der Waals surface area contributed by atoms with Gasteiger partial charge in [-0.1, -0.05) is 0 Å². The summed E-state index contributed by atoms with van der Waals surface area (Å²) in [6, 6.07) is 1.45. The third kappa shape index (κ3) is 4.69. The van der Waals surface area contributed by atoms with Gasteiger partial charge in [-0.05, 0) is 49.6 Å². The Labute approximate surface area is 156 Å². The molecule has 1 amide bonds. The van der Waals surface area contributed by atoms with E-state index in [4.69, 9.17) is 0 Å². The summed E-state index contributed by atoms with van der Waals surface area (Å²) in [5, 5.41) is 4.87. The van der Waals surface area contributed by atoms with E-state index in [0.717, 1.165) is 42.7 Å². The molecule has 1 aromatic rings. The molecule has 1 saturated heterocycles. The van der Waals surface area contributed by atoms with E-state index >= 15 is 0 Å². The molecule has 1 aliphatic carbocycles. The molecule has 3 rings (SSSR count). The zero-order valence-electron chi connectivity index (χ0n) is 13.5. The van der Waals surface area contributed by atoms with Crippen LogP contribution in [0.5, 0.6) is 0 Å². The van der Waals surface area contributed by atoms with Crippen molar-refractivity contribution in [1.29, 1.82) is 0 Å². The van der Waals surface area contributed by atoms with Crippen molar-refractivity contribution in [3.05, 3.63) is 16.3 Å². The first-order valence-corrected chi connectivity index (χ1v) is 10.4. The summed E-state index contributed by atoms with van der Waals surface area (Å²) in [6.45, 7) is 2.03. The van der Waals surface area contributed by atoms with Crippen molar-refractivity contribution >= 4 is 39.5 Å². The fraction of sp³-hybridized carbons (Fsp3) is 0.667. The van der Waals surface area contributed by atoms with Crippen LogP contribution >= 0.6 is 23.7 Å². The molecule has 5 nitrogen and oxygen atoms in total. The molecule has 0 bridgehead atoms. The van der Waals surface area contributed by atoms with Crippen LogP contribution in [0.2, 0.25) is 0 Å². The van der Waals surface area contributed by atoms with E-state index < -0.39 is 26.4 Å². The predicted molar refractivity (Wildman–Crippen MR) is 94.4 cm³/mol. The summed E-state index contributed by atoms with van der Waals surface area (Å²) < 4.78 is 48.9. The van der Waals surface area contributed by atoms with Crippen molar-refractivity contribution in [3.8, 4) is 0 Å². The Morgan fingerprint density at radius 1 is 1.28 bits per heavy atom. The highest BCUT2D eigenvalue weighted by molar-refractivity contribution is 7.92. The Hall–Kier alpha value is -0.770. The van der Waals surface area contributed by atoms with E-state index in [1.807, 2.05) is 0 Å². The first kappa shape index (κ1) is 20.5. The van der Waals surface area contributed by atoms with Crippen molar-refractivity contribution < 1.29 is 22.0 Å². The van der Waals surface area contributed by atoms with Crippen LogP contribution in [-0.4, -0.2) is 50.7 Å². The highest BCUT2D eigenvalue weighted by Gasteiger charge is 2.34.